The van der Waals surface area contributed by atoms with Crippen molar-refractivity contribution in [3.05, 3.63) is 47.3 Å². The number of halogens is 3. The molecule has 0 fully saturated rings. The van der Waals surface area contributed by atoms with Crippen LogP contribution in [0.25, 0.3) is 0 Å². The Bertz CT molecular complexity index is 634. The SMILES string of the molecule is NCC(c1cc(F)c(F)c(F)c1)N1CCn2cnnc2C1. The second-order valence-electron chi connectivity index (χ2n) is 4.96. The number of hydrogen-bond acceptors (Lipinski definition) is 4. The Morgan fingerprint density at radius 2 is 1.90 bits per heavy atom. The van der Waals surface area contributed by atoms with Gasteiger partial charge in [0, 0.05) is 25.7 Å². The second-order valence-corrected chi connectivity index (χ2v) is 4.96. The van der Waals surface area contributed by atoms with Crippen molar-refractivity contribution in [2.45, 2.75) is 19.1 Å². The van der Waals surface area contributed by atoms with Gasteiger partial charge < -0.3 is 10.3 Å². The van der Waals surface area contributed by atoms with Crippen LogP contribution in [0.4, 0.5) is 13.2 Å². The van der Waals surface area contributed by atoms with Gasteiger partial charge in [-0.05, 0) is 17.7 Å². The summed E-state index contributed by atoms with van der Waals surface area (Å²) in [6, 6.07) is 1.59. The Kier molecular flexibility index (Phi) is 3.64. The fourth-order valence-electron chi connectivity index (χ4n) is 2.61. The van der Waals surface area contributed by atoms with Crippen molar-refractivity contribution in [2.24, 2.45) is 5.73 Å². The summed E-state index contributed by atoms with van der Waals surface area (Å²) in [6.45, 7) is 1.96. The molecule has 3 rings (SSSR count). The van der Waals surface area contributed by atoms with Gasteiger partial charge >= 0.3 is 0 Å². The Balaban J connectivity index is 1.89. The molecule has 1 unspecified atom stereocenters. The lowest BCUT2D eigenvalue weighted by Crippen LogP contribution is -2.39. The Labute approximate surface area is 119 Å². The van der Waals surface area contributed by atoms with E-state index in [1.807, 2.05) is 9.47 Å². The lowest BCUT2D eigenvalue weighted by Gasteiger charge is -2.34. The zero-order valence-electron chi connectivity index (χ0n) is 11.1. The molecule has 0 radical (unpaired) electrons. The lowest BCUT2D eigenvalue weighted by molar-refractivity contribution is 0.155. The largest absolute Gasteiger partial charge is 0.329 e. The van der Waals surface area contributed by atoms with E-state index in [1.165, 1.54) is 0 Å². The van der Waals surface area contributed by atoms with Crippen molar-refractivity contribution in [1.29, 1.82) is 0 Å². The van der Waals surface area contributed by atoms with E-state index in [2.05, 4.69) is 10.2 Å². The quantitative estimate of drug-likeness (QED) is 0.865. The molecule has 0 amide bonds. The molecule has 0 saturated heterocycles. The van der Waals surface area contributed by atoms with E-state index in [4.69, 9.17) is 5.73 Å². The minimum atomic E-state index is -1.46. The Morgan fingerprint density at radius 1 is 1.19 bits per heavy atom. The standard InChI is InChI=1S/C13H14F3N5/c14-9-3-8(4-10(15)13(9)16)11(5-17)20-1-2-21-7-18-19-12(21)6-20/h3-4,7,11H,1-2,5-6,17H2. The Morgan fingerprint density at radius 3 is 2.57 bits per heavy atom. The van der Waals surface area contributed by atoms with Crippen LogP contribution in [-0.4, -0.2) is 32.8 Å². The number of benzene rings is 1. The number of hydrogen-bond donors (Lipinski definition) is 1. The average Bonchev–Trinajstić information content (AvgIpc) is 2.93. The maximum atomic E-state index is 13.4. The molecule has 5 nitrogen and oxygen atoms in total. The third-order valence-electron chi connectivity index (χ3n) is 3.72. The van der Waals surface area contributed by atoms with Crippen LogP contribution in [0.1, 0.15) is 17.4 Å². The zero-order chi connectivity index (χ0) is 15.0. The topological polar surface area (TPSA) is 60.0 Å². The van der Waals surface area contributed by atoms with Crippen molar-refractivity contribution < 1.29 is 13.2 Å². The second kappa shape index (κ2) is 5.45. The maximum Gasteiger partial charge on any atom is 0.194 e. The summed E-state index contributed by atoms with van der Waals surface area (Å²) < 4.78 is 41.8. The van der Waals surface area contributed by atoms with Gasteiger partial charge in [0.1, 0.15) is 12.2 Å². The van der Waals surface area contributed by atoms with Crippen molar-refractivity contribution >= 4 is 0 Å². The summed E-state index contributed by atoms with van der Waals surface area (Å²) >= 11 is 0. The molecule has 1 aromatic heterocycles. The number of nitrogens with two attached hydrogens (primary N) is 1. The van der Waals surface area contributed by atoms with Crippen LogP contribution in [-0.2, 0) is 13.1 Å². The number of aromatic nitrogens is 3. The minimum Gasteiger partial charge on any atom is -0.329 e. The summed E-state index contributed by atoms with van der Waals surface area (Å²) in [5, 5.41) is 7.81. The van der Waals surface area contributed by atoms with E-state index < -0.39 is 23.5 Å². The predicted molar refractivity (Wildman–Crippen MR) is 68.5 cm³/mol. The molecule has 2 aromatic rings. The minimum absolute atomic E-state index is 0.165. The molecule has 0 spiro atoms. The number of rotatable bonds is 3. The molecule has 0 bridgehead atoms. The van der Waals surface area contributed by atoms with Crippen molar-refractivity contribution in [3.63, 3.8) is 0 Å². The van der Waals surface area contributed by atoms with E-state index in [1.54, 1.807) is 6.33 Å². The third-order valence-corrected chi connectivity index (χ3v) is 3.72. The van der Waals surface area contributed by atoms with Crippen LogP contribution in [0.2, 0.25) is 0 Å². The van der Waals surface area contributed by atoms with Crippen molar-refractivity contribution in [1.82, 2.24) is 19.7 Å². The normalized spacial score (nSPS) is 16.8. The highest BCUT2D eigenvalue weighted by Gasteiger charge is 2.26. The van der Waals surface area contributed by atoms with E-state index >= 15 is 0 Å². The molecule has 1 aliphatic rings. The molecular formula is C13H14F3N5. The third kappa shape index (κ3) is 2.52. The predicted octanol–water partition coefficient (Wildman–Crippen LogP) is 1.21. The molecule has 1 aliphatic heterocycles. The first kappa shape index (κ1) is 14.0. The smallest absolute Gasteiger partial charge is 0.194 e. The van der Waals surface area contributed by atoms with Gasteiger partial charge in [0.15, 0.2) is 17.5 Å². The first-order valence-electron chi connectivity index (χ1n) is 6.55. The molecule has 8 heteroatoms. The van der Waals surface area contributed by atoms with Gasteiger partial charge in [-0.15, -0.1) is 10.2 Å². The van der Waals surface area contributed by atoms with Gasteiger partial charge in [-0.25, -0.2) is 13.2 Å². The molecule has 2 heterocycles. The Hall–Kier alpha value is -1.93. The number of nitrogens with zero attached hydrogens (tertiary/aromatic N) is 4. The van der Waals surface area contributed by atoms with Crippen LogP contribution in [0.3, 0.4) is 0 Å². The van der Waals surface area contributed by atoms with Crippen molar-refractivity contribution in [3.8, 4) is 0 Å². The van der Waals surface area contributed by atoms with Gasteiger partial charge in [-0.2, -0.15) is 0 Å². The fraction of sp³-hybridized carbons (Fsp3) is 0.385. The summed E-state index contributed by atoms with van der Waals surface area (Å²) in [7, 11) is 0. The number of fused-ring (bicyclic) bond motifs is 1. The van der Waals surface area contributed by atoms with Gasteiger partial charge in [-0.1, -0.05) is 0 Å². The summed E-state index contributed by atoms with van der Waals surface area (Å²) in [5.41, 5.74) is 6.07. The lowest BCUT2D eigenvalue weighted by atomic mass is 10.0. The van der Waals surface area contributed by atoms with Crippen LogP contribution in [0.15, 0.2) is 18.5 Å². The molecule has 1 aromatic carbocycles. The monoisotopic (exact) mass is 297 g/mol. The fourth-order valence-corrected chi connectivity index (χ4v) is 2.61. The highest BCUT2D eigenvalue weighted by molar-refractivity contribution is 5.23. The summed E-state index contributed by atoms with van der Waals surface area (Å²) in [6.07, 6.45) is 1.64. The molecule has 112 valence electrons. The van der Waals surface area contributed by atoms with Crippen LogP contribution < -0.4 is 5.73 Å². The molecular weight excluding hydrogens is 283 g/mol. The maximum absolute atomic E-state index is 13.4. The first-order chi connectivity index (χ1) is 10.1. The zero-order valence-corrected chi connectivity index (χ0v) is 11.1. The van der Waals surface area contributed by atoms with Crippen molar-refractivity contribution in [2.75, 3.05) is 13.1 Å². The average molecular weight is 297 g/mol. The van der Waals surface area contributed by atoms with Gasteiger partial charge in [0.05, 0.1) is 6.54 Å². The summed E-state index contributed by atoms with van der Waals surface area (Å²) in [4.78, 5) is 1.95. The molecule has 2 N–H and O–H groups in total. The molecule has 21 heavy (non-hydrogen) atoms. The highest BCUT2D eigenvalue weighted by atomic mass is 19.2. The first-order valence-corrected chi connectivity index (χ1v) is 6.55. The van der Waals surface area contributed by atoms with E-state index in [0.29, 0.717) is 25.2 Å². The van der Waals surface area contributed by atoms with E-state index in [-0.39, 0.29) is 6.54 Å². The van der Waals surface area contributed by atoms with Crippen LogP contribution in [0, 0.1) is 17.5 Å². The van der Waals surface area contributed by atoms with Gasteiger partial charge in [-0.3, -0.25) is 4.90 Å². The highest BCUT2D eigenvalue weighted by Crippen LogP contribution is 2.26. The van der Waals surface area contributed by atoms with E-state index in [9.17, 15) is 13.2 Å². The summed E-state index contributed by atoms with van der Waals surface area (Å²) in [5.74, 6) is -3.11. The van der Waals surface area contributed by atoms with Crippen LogP contribution >= 0.6 is 0 Å². The van der Waals surface area contributed by atoms with Gasteiger partial charge in [0.25, 0.3) is 0 Å². The van der Waals surface area contributed by atoms with E-state index in [0.717, 1.165) is 18.0 Å². The molecule has 0 aliphatic carbocycles. The molecule has 0 saturated carbocycles. The molecule has 1 atom stereocenters. The van der Waals surface area contributed by atoms with Gasteiger partial charge in [0.2, 0.25) is 0 Å². The van der Waals surface area contributed by atoms with Crippen LogP contribution in [0.5, 0.6) is 0 Å².